The van der Waals surface area contributed by atoms with Crippen LogP contribution in [0.5, 0.6) is 0 Å². The molecule has 0 aromatic heterocycles. The average Bonchev–Trinajstić information content (AvgIpc) is 1.86. The fourth-order valence-electron chi connectivity index (χ4n) is 1.70. The van der Waals surface area contributed by atoms with E-state index in [0.29, 0.717) is 6.54 Å². The molecule has 0 bridgehead atoms. The predicted octanol–water partition coefficient (Wildman–Crippen LogP) is 0.969. The van der Waals surface area contributed by atoms with Crippen molar-refractivity contribution in [2.75, 3.05) is 20.2 Å². The fraction of sp³-hybridized carbons (Fsp3) is 1.00. The van der Waals surface area contributed by atoms with Crippen LogP contribution in [0.3, 0.4) is 0 Å². The lowest BCUT2D eigenvalue weighted by atomic mass is 9.81. The quantitative estimate of drug-likeness (QED) is 0.618. The van der Waals surface area contributed by atoms with Crippen LogP contribution in [0.25, 0.3) is 0 Å². The van der Waals surface area contributed by atoms with Gasteiger partial charge in [0.1, 0.15) is 6.17 Å². The molecule has 1 saturated heterocycles. The van der Waals surface area contributed by atoms with Crippen LogP contribution in [0.1, 0.15) is 13.8 Å². The molecule has 0 aliphatic carbocycles. The molecule has 2 unspecified atom stereocenters. The highest BCUT2D eigenvalue weighted by Gasteiger charge is 2.39. The van der Waals surface area contributed by atoms with Gasteiger partial charge in [-0.3, -0.25) is 0 Å². The maximum absolute atomic E-state index is 13.2. The molecular formula is C8H16FNO. The summed E-state index contributed by atoms with van der Waals surface area (Å²) in [5.41, 5.74) is -0.0909. The standard InChI is InChI=1S/C8H16FNO/c1-8(2)5-10-4-6(9)7(8)11-3/h6-7,10H,4-5H2,1-3H3. The Morgan fingerprint density at radius 2 is 2.18 bits per heavy atom. The summed E-state index contributed by atoms with van der Waals surface area (Å²) in [7, 11) is 1.57. The van der Waals surface area contributed by atoms with Crippen LogP contribution in [0.2, 0.25) is 0 Å². The largest absolute Gasteiger partial charge is 0.378 e. The summed E-state index contributed by atoms with van der Waals surface area (Å²) in [6, 6.07) is 0. The van der Waals surface area contributed by atoms with Gasteiger partial charge in [-0.25, -0.2) is 4.39 Å². The molecular weight excluding hydrogens is 145 g/mol. The molecule has 66 valence electrons. The lowest BCUT2D eigenvalue weighted by molar-refractivity contribution is -0.0632. The van der Waals surface area contributed by atoms with Gasteiger partial charge in [0.2, 0.25) is 0 Å². The molecule has 0 radical (unpaired) electrons. The van der Waals surface area contributed by atoms with Gasteiger partial charge >= 0.3 is 0 Å². The number of halogens is 1. The van der Waals surface area contributed by atoms with E-state index in [1.807, 2.05) is 13.8 Å². The molecule has 0 spiro atoms. The molecule has 1 fully saturated rings. The first-order chi connectivity index (χ1) is 5.08. The van der Waals surface area contributed by atoms with E-state index in [2.05, 4.69) is 5.32 Å². The van der Waals surface area contributed by atoms with Gasteiger partial charge in [0.25, 0.3) is 0 Å². The molecule has 0 amide bonds. The van der Waals surface area contributed by atoms with E-state index in [9.17, 15) is 4.39 Å². The summed E-state index contributed by atoms with van der Waals surface area (Å²) in [6.45, 7) is 5.27. The van der Waals surface area contributed by atoms with Crippen LogP contribution in [0.15, 0.2) is 0 Å². The van der Waals surface area contributed by atoms with Gasteiger partial charge in [0, 0.05) is 25.6 Å². The number of alkyl halides is 1. The van der Waals surface area contributed by atoms with Crippen LogP contribution < -0.4 is 5.32 Å². The Bertz CT molecular complexity index is 138. The van der Waals surface area contributed by atoms with Gasteiger partial charge in [0.05, 0.1) is 6.10 Å². The summed E-state index contributed by atoms with van der Waals surface area (Å²) in [6.07, 6.45) is -1.13. The summed E-state index contributed by atoms with van der Waals surface area (Å²) in [5.74, 6) is 0. The molecule has 3 heteroatoms. The second kappa shape index (κ2) is 3.07. The van der Waals surface area contributed by atoms with Gasteiger partial charge in [-0.05, 0) is 0 Å². The van der Waals surface area contributed by atoms with Crippen LogP contribution >= 0.6 is 0 Å². The second-order valence-electron chi connectivity index (χ2n) is 3.79. The third-order valence-electron chi connectivity index (χ3n) is 2.27. The van der Waals surface area contributed by atoms with Gasteiger partial charge < -0.3 is 10.1 Å². The minimum atomic E-state index is -0.872. The smallest absolute Gasteiger partial charge is 0.139 e. The van der Waals surface area contributed by atoms with Crippen molar-refractivity contribution in [3.63, 3.8) is 0 Å². The lowest BCUT2D eigenvalue weighted by Crippen LogP contribution is -2.54. The lowest BCUT2D eigenvalue weighted by Gasteiger charge is -2.39. The number of rotatable bonds is 1. The fourth-order valence-corrected chi connectivity index (χ4v) is 1.70. The third-order valence-corrected chi connectivity index (χ3v) is 2.27. The summed E-state index contributed by atoms with van der Waals surface area (Å²) in [4.78, 5) is 0. The SMILES string of the molecule is COC1C(F)CNCC1(C)C. The van der Waals surface area contributed by atoms with Crippen molar-refractivity contribution in [1.82, 2.24) is 5.32 Å². The van der Waals surface area contributed by atoms with E-state index in [1.54, 1.807) is 7.11 Å². The number of piperidine rings is 1. The Morgan fingerprint density at radius 1 is 1.55 bits per heavy atom. The van der Waals surface area contributed by atoms with Crippen molar-refractivity contribution in [3.05, 3.63) is 0 Å². The van der Waals surface area contributed by atoms with Gasteiger partial charge in [-0.2, -0.15) is 0 Å². The van der Waals surface area contributed by atoms with Crippen molar-refractivity contribution in [3.8, 4) is 0 Å². The molecule has 1 rings (SSSR count). The van der Waals surface area contributed by atoms with E-state index >= 15 is 0 Å². The highest BCUT2D eigenvalue weighted by molar-refractivity contribution is 4.91. The van der Waals surface area contributed by atoms with E-state index in [-0.39, 0.29) is 11.5 Å². The first-order valence-electron chi connectivity index (χ1n) is 3.95. The molecule has 0 saturated carbocycles. The van der Waals surface area contributed by atoms with Crippen molar-refractivity contribution in [2.24, 2.45) is 5.41 Å². The van der Waals surface area contributed by atoms with Crippen molar-refractivity contribution >= 4 is 0 Å². The molecule has 0 aromatic carbocycles. The molecule has 0 aromatic rings. The van der Waals surface area contributed by atoms with Gasteiger partial charge in [-0.1, -0.05) is 13.8 Å². The summed E-state index contributed by atoms with van der Waals surface area (Å²) >= 11 is 0. The molecule has 1 heterocycles. The highest BCUT2D eigenvalue weighted by atomic mass is 19.1. The van der Waals surface area contributed by atoms with Gasteiger partial charge in [-0.15, -0.1) is 0 Å². The number of ether oxygens (including phenoxy) is 1. The number of hydrogen-bond acceptors (Lipinski definition) is 2. The van der Waals surface area contributed by atoms with Crippen molar-refractivity contribution in [1.29, 1.82) is 0 Å². The van der Waals surface area contributed by atoms with E-state index in [4.69, 9.17) is 4.74 Å². The third kappa shape index (κ3) is 1.71. The van der Waals surface area contributed by atoms with Crippen LogP contribution in [0.4, 0.5) is 4.39 Å². The van der Waals surface area contributed by atoms with Crippen molar-refractivity contribution < 1.29 is 9.13 Å². The van der Waals surface area contributed by atoms with Gasteiger partial charge in [0.15, 0.2) is 0 Å². The second-order valence-corrected chi connectivity index (χ2v) is 3.79. The molecule has 1 N–H and O–H groups in total. The monoisotopic (exact) mass is 161 g/mol. The normalized spacial score (nSPS) is 37.1. The Kier molecular flexibility index (Phi) is 2.50. The zero-order valence-corrected chi connectivity index (χ0v) is 7.36. The number of nitrogens with one attached hydrogen (secondary N) is 1. The molecule has 2 atom stereocenters. The zero-order chi connectivity index (χ0) is 8.48. The molecule has 2 nitrogen and oxygen atoms in total. The molecule has 11 heavy (non-hydrogen) atoms. The maximum Gasteiger partial charge on any atom is 0.139 e. The predicted molar refractivity (Wildman–Crippen MR) is 42.3 cm³/mol. The Labute approximate surface area is 67.1 Å². The van der Waals surface area contributed by atoms with Crippen LogP contribution in [-0.2, 0) is 4.74 Å². The van der Waals surface area contributed by atoms with Crippen molar-refractivity contribution in [2.45, 2.75) is 26.1 Å². The van der Waals surface area contributed by atoms with Crippen LogP contribution in [0, 0.1) is 5.41 Å². The number of hydrogen-bond donors (Lipinski definition) is 1. The zero-order valence-electron chi connectivity index (χ0n) is 7.36. The topological polar surface area (TPSA) is 21.3 Å². The molecule has 1 aliphatic heterocycles. The highest BCUT2D eigenvalue weighted by Crippen LogP contribution is 2.28. The first kappa shape index (κ1) is 8.94. The van der Waals surface area contributed by atoms with E-state index < -0.39 is 6.17 Å². The summed E-state index contributed by atoms with van der Waals surface area (Å²) in [5, 5.41) is 3.03. The van der Waals surface area contributed by atoms with Crippen LogP contribution in [-0.4, -0.2) is 32.5 Å². The number of methoxy groups -OCH3 is 1. The first-order valence-corrected chi connectivity index (χ1v) is 3.95. The minimum Gasteiger partial charge on any atom is -0.378 e. The minimum absolute atomic E-state index is 0.0909. The van der Waals surface area contributed by atoms with E-state index in [0.717, 1.165) is 6.54 Å². The maximum atomic E-state index is 13.2. The summed E-state index contributed by atoms with van der Waals surface area (Å²) < 4.78 is 18.3. The Balaban J connectivity index is 2.64. The van der Waals surface area contributed by atoms with E-state index in [1.165, 1.54) is 0 Å². The molecule has 1 aliphatic rings. The Hall–Kier alpha value is -0.150. The average molecular weight is 161 g/mol. The Morgan fingerprint density at radius 3 is 2.55 bits per heavy atom.